The Bertz CT molecular complexity index is 523. The summed E-state index contributed by atoms with van der Waals surface area (Å²) < 4.78 is 5.71. The molecule has 0 fully saturated rings. The maximum Gasteiger partial charge on any atom is 0.238 e. The van der Waals surface area contributed by atoms with Crippen LogP contribution in [0.25, 0.3) is 0 Å². The molecule has 0 saturated heterocycles. The molecule has 0 amide bonds. The lowest BCUT2D eigenvalue weighted by atomic mass is 10.0. The number of ether oxygens (including phenoxy) is 1. The molecular formula is C15H19N3O. The van der Waals surface area contributed by atoms with Gasteiger partial charge in [-0.05, 0) is 36.7 Å². The zero-order valence-corrected chi connectivity index (χ0v) is 11.6. The van der Waals surface area contributed by atoms with E-state index in [0.717, 1.165) is 11.4 Å². The Morgan fingerprint density at radius 1 is 1.16 bits per heavy atom. The first-order valence-electron chi connectivity index (χ1n) is 6.44. The van der Waals surface area contributed by atoms with Gasteiger partial charge < -0.3 is 10.1 Å². The first kappa shape index (κ1) is 13.5. The maximum absolute atomic E-state index is 5.71. The van der Waals surface area contributed by atoms with Crippen LogP contribution in [0.3, 0.4) is 0 Å². The SMILES string of the molecule is CNCc1ccc(Oc2cccc(C(C)C)c2)nn1. The largest absolute Gasteiger partial charge is 0.438 e. The molecule has 0 atom stereocenters. The van der Waals surface area contributed by atoms with Crippen LogP contribution < -0.4 is 10.1 Å². The lowest BCUT2D eigenvalue weighted by molar-refractivity contribution is 0.452. The van der Waals surface area contributed by atoms with Gasteiger partial charge in [0.05, 0.1) is 5.69 Å². The third-order valence-electron chi connectivity index (χ3n) is 2.80. The van der Waals surface area contributed by atoms with E-state index >= 15 is 0 Å². The van der Waals surface area contributed by atoms with E-state index in [1.807, 2.05) is 37.4 Å². The number of aromatic nitrogens is 2. The van der Waals surface area contributed by atoms with E-state index in [1.54, 1.807) is 0 Å². The summed E-state index contributed by atoms with van der Waals surface area (Å²) >= 11 is 0. The van der Waals surface area contributed by atoms with Gasteiger partial charge in [-0.15, -0.1) is 5.10 Å². The summed E-state index contributed by atoms with van der Waals surface area (Å²) in [6.45, 7) is 5.02. The first-order valence-corrected chi connectivity index (χ1v) is 6.44. The molecule has 0 saturated carbocycles. The fourth-order valence-corrected chi connectivity index (χ4v) is 1.74. The normalized spacial score (nSPS) is 10.7. The maximum atomic E-state index is 5.71. The van der Waals surface area contributed by atoms with Crippen molar-refractivity contribution in [2.24, 2.45) is 0 Å². The van der Waals surface area contributed by atoms with Crippen LogP contribution in [0.1, 0.15) is 31.0 Å². The van der Waals surface area contributed by atoms with Crippen molar-refractivity contribution in [2.75, 3.05) is 7.05 Å². The summed E-state index contributed by atoms with van der Waals surface area (Å²) in [7, 11) is 1.88. The van der Waals surface area contributed by atoms with Crippen LogP contribution in [0.4, 0.5) is 0 Å². The van der Waals surface area contributed by atoms with Gasteiger partial charge in [0.25, 0.3) is 0 Å². The van der Waals surface area contributed by atoms with Crippen molar-refractivity contribution in [2.45, 2.75) is 26.3 Å². The molecule has 0 unspecified atom stereocenters. The van der Waals surface area contributed by atoms with Gasteiger partial charge in [0.1, 0.15) is 5.75 Å². The summed E-state index contributed by atoms with van der Waals surface area (Å²) in [6, 6.07) is 11.8. The monoisotopic (exact) mass is 257 g/mol. The second-order valence-electron chi connectivity index (χ2n) is 4.72. The Kier molecular flexibility index (Phi) is 4.47. The van der Waals surface area contributed by atoms with Gasteiger partial charge in [-0.1, -0.05) is 26.0 Å². The summed E-state index contributed by atoms with van der Waals surface area (Å²) in [4.78, 5) is 0. The quantitative estimate of drug-likeness (QED) is 0.894. The third-order valence-corrected chi connectivity index (χ3v) is 2.80. The van der Waals surface area contributed by atoms with E-state index in [-0.39, 0.29) is 0 Å². The minimum atomic E-state index is 0.479. The van der Waals surface area contributed by atoms with E-state index < -0.39 is 0 Å². The van der Waals surface area contributed by atoms with Crippen LogP contribution in [0, 0.1) is 0 Å². The summed E-state index contributed by atoms with van der Waals surface area (Å²) in [5.41, 5.74) is 2.14. The van der Waals surface area contributed by atoms with Gasteiger partial charge >= 0.3 is 0 Å². The molecule has 1 aromatic carbocycles. The highest BCUT2D eigenvalue weighted by atomic mass is 16.5. The van der Waals surface area contributed by atoms with Gasteiger partial charge in [0.15, 0.2) is 0 Å². The van der Waals surface area contributed by atoms with Crippen molar-refractivity contribution in [1.82, 2.24) is 15.5 Å². The number of rotatable bonds is 5. The van der Waals surface area contributed by atoms with E-state index in [0.29, 0.717) is 18.3 Å². The van der Waals surface area contributed by atoms with Crippen molar-refractivity contribution >= 4 is 0 Å². The highest BCUT2D eigenvalue weighted by Crippen LogP contribution is 2.23. The van der Waals surface area contributed by atoms with Gasteiger partial charge in [0, 0.05) is 12.6 Å². The molecule has 0 bridgehead atoms. The van der Waals surface area contributed by atoms with E-state index in [1.165, 1.54) is 5.56 Å². The van der Waals surface area contributed by atoms with Gasteiger partial charge in [-0.25, -0.2) is 0 Å². The molecule has 1 aromatic heterocycles. The van der Waals surface area contributed by atoms with Crippen LogP contribution in [0.5, 0.6) is 11.6 Å². The fourth-order valence-electron chi connectivity index (χ4n) is 1.74. The second-order valence-corrected chi connectivity index (χ2v) is 4.72. The third kappa shape index (κ3) is 3.76. The summed E-state index contributed by atoms with van der Waals surface area (Å²) in [5, 5.41) is 11.2. The van der Waals surface area contributed by atoms with Gasteiger partial charge in [-0.2, -0.15) is 5.10 Å². The fraction of sp³-hybridized carbons (Fsp3) is 0.333. The molecule has 0 spiro atoms. The smallest absolute Gasteiger partial charge is 0.238 e. The predicted molar refractivity (Wildman–Crippen MR) is 75.4 cm³/mol. The van der Waals surface area contributed by atoms with Crippen LogP contribution in [0.15, 0.2) is 36.4 Å². The average Bonchev–Trinajstić information content (AvgIpc) is 2.42. The number of hydrogen-bond acceptors (Lipinski definition) is 4. The Hall–Kier alpha value is -1.94. The summed E-state index contributed by atoms with van der Waals surface area (Å²) in [5.74, 6) is 1.79. The topological polar surface area (TPSA) is 47.0 Å². The lowest BCUT2D eigenvalue weighted by Crippen LogP contribution is -2.07. The average molecular weight is 257 g/mol. The predicted octanol–water partition coefficient (Wildman–Crippen LogP) is 3.11. The Balaban J connectivity index is 2.10. The van der Waals surface area contributed by atoms with E-state index in [9.17, 15) is 0 Å². The zero-order chi connectivity index (χ0) is 13.7. The Morgan fingerprint density at radius 2 is 2.00 bits per heavy atom. The molecule has 0 aliphatic rings. The number of nitrogens with zero attached hydrogens (tertiary/aromatic N) is 2. The number of nitrogens with one attached hydrogen (secondary N) is 1. The molecule has 100 valence electrons. The van der Waals surface area contributed by atoms with Crippen LogP contribution >= 0.6 is 0 Å². The van der Waals surface area contributed by atoms with Crippen LogP contribution in [0.2, 0.25) is 0 Å². The number of benzene rings is 1. The molecule has 1 heterocycles. The molecule has 4 nitrogen and oxygen atoms in total. The van der Waals surface area contributed by atoms with Crippen molar-refractivity contribution in [3.8, 4) is 11.6 Å². The van der Waals surface area contributed by atoms with Crippen molar-refractivity contribution in [1.29, 1.82) is 0 Å². The highest BCUT2D eigenvalue weighted by molar-refractivity contribution is 5.32. The zero-order valence-electron chi connectivity index (χ0n) is 11.6. The van der Waals surface area contributed by atoms with Crippen LogP contribution in [-0.2, 0) is 6.54 Å². The van der Waals surface area contributed by atoms with Crippen LogP contribution in [-0.4, -0.2) is 17.2 Å². The molecule has 2 aromatic rings. The van der Waals surface area contributed by atoms with E-state index in [2.05, 4.69) is 35.4 Å². The summed E-state index contributed by atoms with van der Waals surface area (Å²) in [6.07, 6.45) is 0. The first-order chi connectivity index (χ1) is 9.19. The minimum Gasteiger partial charge on any atom is -0.438 e. The molecule has 2 rings (SSSR count). The number of hydrogen-bond donors (Lipinski definition) is 1. The van der Waals surface area contributed by atoms with Crippen molar-refractivity contribution in [3.05, 3.63) is 47.7 Å². The molecule has 19 heavy (non-hydrogen) atoms. The van der Waals surface area contributed by atoms with Gasteiger partial charge in [0.2, 0.25) is 5.88 Å². The lowest BCUT2D eigenvalue weighted by Gasteiger charge is -2.09. The van der Waals surface area contributed by atoms with E-state index in [4.69, 9.17) is 4.74 Å². The molecule has 0 radical (unpaired) electrons. The molecule has 0 aliphatic carbocycles. The molecule has 4 heteroatoms. The Morgan fingerprint density at radius 3 is 2.63 bits per heavy atom. The van der Waals surface area contributed by atoms with Gasteiger partial charge in [-0.3, -0.25) is 0 Å². The molecule has 0 aliphatic heterocycles. The van der Waals surface area contributed by atoms with Crippen molar-refractivity contribution < 1.29 is 4.74 Å². The minimum absolute atomic E-state index is 0.479. The highest BCUT2D eigenvalue weighted by Gasteiger charge is 2.03. The molecule has 1 N–H and O–H groups in total. The second kappa shape index (κ2) is 6.29. The Labute approximate surface area is 113 Å². The molecular weight excluding hydrogens is 238 g/mol. The standard InChI is InChI=1S/C15H19N3O/c1-11(2)12-5-4-6-14(9-12)19-15-8-7-13(10-16-3)17-18-15/h4-9,11,16H,10H2,1-3H3. The van der Waals surface area contributed by atoms with Crippen molar-refractivity contribution in [3.63, 3.8) is 0 Å².